The molecule has 0 aliphatic heterocycles. The maximum Gasteiger partial charge on any atom is 0.152 e. The lowest BCUT2D eigenvalue weighted by Gasteiger charge is -2.61. The van der Waals surface area contributed by atoms with Crippen molar-refractivity contribution >= 4 is 0 Å². The van der Waals surface area contributed by atoms with Crippen molar-refractivity contribution in [2.24, 2.45) is 34.5 Å². The molecule has 0 spiro atoms. The zero-order chi connectivity index (χ0) is 18.7. The second-order valence-electron chi connectivity index (χ2n) is 10.3. The fourth-order valence-electron chi connectivity index (χ4n) is 7.87. The molecule has 0 saturated heterocycles. The zero-order valence-corrected chi connectivity index (χ0v) is 16.7. The smallest absolute Gasteiger partial charge is 0.152 e. The van der Waals surface area contributed by atoms with Gasteiger partial charge in [0.15, 0.2) is 6.29 Å². The fourth-order valence-corrected chi connectivity index (χ4v) is 7.87. The summed E-state index contributed by atoms with van der Waals surface area (Å²) in [4.78, 5) is 0. The van der Waals surface area contributed by atoms with E-state index in [1.807, 2.05) is 0 Å². The number of rotatable bonds is 2. The molecule has 4 unspecified atom stereocenters. The van der Waals surface area contributed by atoms with E-state index in [2.05, 4.69) is 19.8 Å². The van der Waals surface area contributed by atoms with Gasteiger partial charge in [-0.25, -0.2) is 0 Å². The Morgan fingerprint density at radius 2 is 1.77 bits per heavy atom. The molecule has 0 bridgehead atoms. The summed E-state index contributed by atoms with van der Waals surface area (Å²) >= 11 is 0. The quantitative estimate of drug-likeness (QED) is 0.575. The summed E-state index contributed by atoms with van der Waals surface area (Å²) in [7, 11) is 0. The molecule has 2 N–H and O–H groups in total. The number of hydrogen-bond donors (Lipinski definition) is 2. The number of ether oxygens (including phenoxy) is 1. The molecule has 0 aromatic heterocycles. The largest absolute Gasteiger partial charge is 0.377 e. The van der Waals surface area contributed by atoms with Crippen LogP contribution in [0.15, 0.2) is 0 Å². The van der Waals surface area contributed by atoms with Gasteiger partial charge in [0.25, 0.3) is 0 Å². The van der Waals surface area contributed by atoms with Gasteiger partial charge in [0.05, 0.1) is 6.10 Å². The normalized spacial score (nSPS) is 54.5. The highest BCUT2D eigenvalue weighted by Crippen LogP contribution is 2.68. The van der Waals surface area contributed by atoms with E-state index >= 15 is 0 Å². The second-order valence-corrected chi connectivity index (χ2v) is 10.3. The highest BCUT2D eigenvalue weighted by molar-refractivity contribution is 5.23. The molecule has 0 heterocycles. The summed E-state index contributed by atoms with van der Waals surface area (Å²) in [6.07, 6.45) is 15.4. The van der Waals surface area contributed by atoms with Gasteiger partial charge >= 0.3 is 0 Å². The molecule has 9 atom stereocenters. The predicted molar refractivity (Wildman–Crippen MR) is 102 cm³/mol. The monoisotopic (exact) mass is 360 g/mol. The molecule has 3 heteroatoms. The van der Waals surface area contributed by atoms with Crippen LogP contribution in [0.5, 0.6) is 0 Å². The van der Waals surface area contributed by atoms with Crippen LogP contribution in [-0.4, -0.2) is 28.2 Å². The summed E-state index contributed by atoms with van der Waals surface area (Å²) in [5, 5.41) is 20.7. The van der Waals surface area contributed by atoms with Crippen molar-refractivity contribution in [3.8, 4) is 12.3 Å². The SMILES string of the molecule is C#C[C@]1(O)CCC2C3CC[C@H]4C[C@H](OC(C)O)CC[C@]4(C)C3CC[C@@]21C. The number of aliphatic hydroxyl groups excluding tert-OH is 1. The molecule has 3 nitrogen and oxygen atoms in total. The molecule has 4 fully saturated rings. The molecule has 0 amide bonds. The molecule has 4 aliphatic carbocycles. The minimum Gasteiger partial charge on any atom is -0.377 e. The molecule has 146 valence electrons. The lowest BCUT2D eigenvalue weighted by atomic mass is 9.44. The van der Waals surface area contributed by atoms with Crippen molar-refractivity contribution in [3.63, 3.8) is 0 Å². The minimum absolute atomic E-state index is 0.0985. The Kier molecular flexibility index (Phi) is 4.50. The van der Waals surface area contributed by atoms with Gasteiger partial charge in [-0.2, -0.15) is 0 Å². The van der Waals surface area contributed by atoms with Crippen molar-refractivity contribution in [1.82, 2.24) is 0 Å². The Morgan fingerprint density at radius 3 is 2.46 bits per heavy atom. The molecule has 0 radical (unpaired) electrons. The summed E-state index contributed by atoms with van der Waals surface area (Å²) in [6, 6.07) is 0. The van der Waals surface area contributed by atoms with Gasteiger partial charge in [0, 0.05) is 5.41 Å². The highest BCUT2D eigenvalue weighted by atomic mass is 16.6. The van der Waals surface area contributed by atoms with E-state index in [0.29, 0.717) is 23.2 Å². The average molecular weight is 361 g/mol. The maximum absolute atomic E-state index is 11.1. The second kappa shape index (κ2) is 6.23. The fraction of sp³-hybridized carbons (Fsp3) is 0.913. The summed E-state index contributed by atoms with van der Waals surface area (Å²) in [6.45, 7) is 6.51. The van der Waals surface area contributed by atoms with E-state index in [4.69, 9.17) is 11.2 Å². The Labute approximate surface area is 158 Å². The van der Waals surface area contributed by atoms with E-state index in [1.54, 1.807) is 6.92 Å². The van der Waals surface area contributed by atoms with Crippen LogP contribution in [0, 0.1) is 46.8 Å². The van der Waals surface area contributed by atoms with Gasteiger partial charge in [0.1, 0.15) is 5.60 Å². The first kappa shape index (κ1) is 18.8. The van der Waals surface area contributed by atoms with Crippen LogP contribution >= 0.6 is 0 Å². The third kappa shape index (κ3) is 2.52. The zero-order valence-electron chi connectivity index (χ0n) is 16.7. The first-order valence-corrected chi connectivity index (χ1v) is 10.8. The molecule has 4 rings (SSSR count). The van der Waals surface area contributed by atoms with Gasteiger partial charge in [0.2, 0.25) is 0 Å². The Hall–Kier alpha value is -0.560. The molecule has 0 aromatic carbocycles. The molecular weight excluding hydrogens is 324 g/mol. The molecular formula is C23H36O3. The molecule has 26 heavy (non-hydrogen) atoms. The number of aliphatic hydroxyl groups is 2. The summed E-state index contributed by atoms with van der Waals surface area (Å²) in [5.74, 6) is 5.53. The first-order valence-electron chi connectivity index (χ1n) is 10.8. The molecule has 4 saturated carbocycles. The topological polar surface area (TPSA) is 49.7 Å². The standard InChI is InChI=1S/C23H36O3/c1-5-23(25)13-10-20-18-7-6-16-14-17(26-15(2)24)8-11-21(16,3)19(18)9-12-22(20,23)4/h1,15-20,24-25H,6-14H2,2-4H3/t15?,16-,17+,18?,19?,20?,21-,22-,23-/m0/s1. The van der Waals surface area contributed by atoms with Crippen molar-refractivity contribution in [2.45, 2.75) is 96.6 Å². The van der Waals surface area contributed by atoms with Crippen LogP contribution in [0.2, 0.25) is 0 Å². The van der Waals surface area contributed by atoms with Gasteiger partial charge in [-0.15, -0.1) is 6.42 Å². The van der Waals surface area contributed by atoms with Crippen LogP contribution in [0.4, 0.5) is 0 Å². The van der Waals surface area contributed by atoms with E-state index < -0.39 is 11.9 Å². The van der Waals surface area contributed by atoms with E-state index in [-0.39, 0.29) is 11.5 Å². The van der Waals surface area contributed by atoms with Gasteiger partial charge in [-0.3, -0.25) is 0 Å². The number of hydrogen-bond acceptors (Lipinski definition) is 3. The Bertz CT molecular complexity index is 595. The lowest BCUT2D eigenvalue weighted by Crippen LogP contribution is -2.56. The van der Waals surface area contributed by atoms with Crippen molar-refractivity contribution < 1.29 is 14.9 Å². The first-order chi connectivity index (χ1) is 12.2. The average Bonchev–Trinajstić information content (AvgIpc) is 2.87. The highest BCUT2D eigenvalue weighted by Gasteiger charge is 2.64. The Morgan fingerprint density at radius 1 is 1.04 bits per heavy atom. The van der Waals surface area contributed by atoms with Gasteiger partial charge in [-0.1, -0.05) is 19.8 Å². The van der Waals surface area contributed by atoms with Crippen LogP contribution < -0.4 is 0 Å². The molecule has 0 aromatic rings. The Balaban J connectivity index is 1.55. The van der Waals surface area contributed by atoms with Crippen LogP contribution in [0.1, 0.15) is 78.6 Å². The van der Waals surface area contributed by atoms with Gasteiger partial charge < -0.3 is 14.9 Å². The number of terminal acetylenes is 1. The van der Waals surface area contributed by atoms with Crippen molar-refractivity contribution in [3.05, 3.63) is 0 Å². The van der Waals surface area contributed by atoms with Crippen LogP contribution in [0.25, 0.3) is 0 Å². The van der Waals surface area contributed by atoms with E-state index in [0.717, 1.165) is 38.0 Å². The summed E-state index contributed by atoms with van der Waals surface area (Å²) < 4.78 is 5.75. The van der Waals surface area contributed by atoms with Crippen molar-refractivity contribution in [2.75, 3.05) is 0 Å². The van der Waals surface area contributed by atoms with Crippen LogP contribution in [-0.2, 0) is 4.74 Å². The van der Waals surface area contributed by atoms with E-state index in [1.165, 1.54) is 25.7 Å². The third-order valence-corrected chi connectivity index (χ3v) is 9.40. The maximum atomic E-state index is 11.1. The van der Waals surface area contributed by atoms with Gasteiger partial charge in [-0.05, 0) is 93.8 Å². The third-order valence-electron chi connectivity index (χ3n) is 9.40. The van der Waals surface area contributed by atoms with E-state index in [9.17, 15) is 10.2 Å². The van der Waals surface area contributed by atoms with Crippen molar-refractivity contribution in [1.29, 1.82) is 0 Å². The van der Waals surface area contributed by atoms with Crippen LogP contribution in [0.3, 0.4) is 0 Å². The number of fused-ring (bicyclic) bond motifs is 5. The summed E-state index contributed by atoms with van der Waals surface area (Å²) in [5.41, 5.74) is -0.610. The lowest BCUT2D eigenvalue weighted by molar-refractivity contribution is -0.179. The predicted octanol–water partition coefficient (Wildman–Crippen LogP) is 4.12. The molecule has 4 aliphatic rings. The minimum atomic E-state index is -0.900.